The van der Waals surface area contributed by atoms with Gasteiger partial charge in [-0.1, -0.05) is 13.0 Å². The Labute approximate surface area is 171 Å². The summed E-state index contributed by atoms with van der Waals surface area (Å²) >= 11 is 0. The van der Waals surface area contributed by atoms with Crippen molar-refractivity contribution in [1.82, 2.24) is 10.6 Å². The number of amides is 2. The van der Waals surface area contributed by atoms with Gasteiger partial charge in [-0.05, 0) is 42.9 Å². The van der Waals surface area contributed by atoms with E-state index in [1.807, 2.05) is 6.92 Å². The summed E-state index contributed by atoms with van der Waals surface area (Å²) in [6.07, 6.45) is 0. The van der Waals surface area contributed by atoms with E-state index in [1.54, 1.807) is 55.6 Å². The Kier molecular flexibility index (Phi) is 10.5. The fourth-order valence-electron chi connectivity index (χ4n) is 2.29. The molecule has 28 heavy (non-hydrogen) atoms. The number of carbonyl (C=O) groups is 2. The lowest BCUT2D eigenvalue weighted by molar-refractivity contribution is -0.118. The van der Waals surface area contributed by atoms with Gasteiger partial charge < -0.3 is 25.4 Å². The minimum absolute atomic E-state index is 0. The summed E-state index contributed by atoms with van der Waals surface area (Å²) in [5.74, 6) is 0.747. The number of anilines is 1. The second-order valence-corrected chi connectivity index (χ2v) is 5.70. The zero-order chi connectivity index (χ0) is 19.5. The topological polar surface area (TPSA) is 88.7 Å². The number of likely N-dealkylation sites (N-methyl/N-ethyl adjacent to an activating group) is 1. The number of halogens is 1. The molecule has 0 aromatic heterocycles. The van der Waals surface area contributed by atoms with E-state index in [-0.39, 0.29) is 30.8 Å². The van der Waals surface area contributed by atoms with E-state index in [1.165, 1.54) is 0 Å². The van der Waals surface area contributed by atoms with Gasteiger partial charge in [0, 0.05) is 30.4 Å². The van der Waals surface area contributed by atoms with Gasteiger partial charge in [0.25, 0.3) is 11.8 Å². The second kappa shape index (κ2) is 12.6. The molecule has 0 bridgehead atoms. The van der Waals surface area contributed by atoms with Crippen LogP contribution in [0.4, 0.5) is 5.69 Å². The van der Waals surface area contributed by atoms with Crippen LogP contribution in [0.2, 0.25) is 0 Å². The number of benzene rings is 2. The lowest BCUT2D eigenvalue weighted by Crippen LogP contribution is -2.31. The SMILES string of the molecule is CCNCCNC(=O)c1ccc(OCC(=O)Nc2cccc(OC)c2)cc1.Cl. The summed E-state index contributed by atoms with van der Waals surface area (Å²) in [7, 11) is 1.57. The molecule has 0 saturated heterocycles. The third-order valence-corrected chi connectivity index (χ3v) is 3.68. The molecule has 2 aromatic rings. The molecule has 8 heteroatoms. The highest BCUT2D eigenvalue weighted by molar-refractivity contribution is 5.94. The van der Waals surface area contributed by atoms with Gasteiger partial charge in [-0.2, -0.15) is 0 Å². The largest absolute Gasteiger partial charge is 0.497 e. The molecule has 0 radical (unpaired) electrons. The third-order valence-electron chi connectivity index (χ3n) is 3.68. The maximum atomic E-state index is 12.0. The van der Waals surface area contributed by atoms with Crippen molar-refractivity contribution in [2.75, 3.05) is 38.7 Å². The van der Waals surface area contributed by atoms with Crippen LogP contribution in [0.5, 0.6) is 11.5 Å². The number of rotatable bonds is 10. The molecule has 0 aliphatic heterocycles. The van der Waals surface area contributed by atoms with Crippen LogP contribution in [0.15, 0.2) is 48.5 Å². The van der Waals surface area contributed by atoms with E-state index in [0.717, 1.165) is 13.1 Å². The number of nitrogens with one attached hydrogen (secondary N) is 3. The van der Waals surface area contributed by atoms with Gasteiger partial charge in [-0.3, -0.25) is 9.59 Å². The molecule has 3 N–H and O–H groups in total. The molecular weight excluding hydrogens is 382 g/mol. The van der Waals surface area contributed by atoms with E-state index in [4.69, 9.17) is 9.47 Å². The fourth-order valence-corrected chi connectivity index (χ4v) is 2.29. The Morgan fingerprint density at radius 2 is 1.75 bits per heavy atom. The first-order chi connectivity index (χ1) is 13.1. The van der Waals surface area contributed by atoms with Crippen LogP contribution in [0, 0.1) is 0 Å². The molecule has 2 rings (SSSR count). The molecule has 2 amide bonds. The molecule has 0 atom stereocenters. The summed E-state index contributed by atoms with van der Waals surface area (Å²) in [6, 6.07) is 13.7. The lowest BCUT2D eigenvalue weighted by atomic mass is 10.2. The Morgan fingerprint density at radius 3 is 2.43 bits per heavy atom. The minimum atomic E-state index is -0.284. The molecule has 0 aliphatic carbocycles. The van der Waals surface area contributed by atoms with Crippen molar-refractivity contribution in [3.8, 4) is 11.5 Å². The first-order valence-electron chi connectivity index (χ1n) is 8.78. The molecule has 0 unspecified atom stereocenters. The van der Waals surface area contributed by atoms with Crippen molar-refractivity contribution in [1.29, 1.82) is 0 Å². The van der Waals surface area contributed by atoms with Crippen LogP contribution in [0.25, 0.3) is 0 Å². The lowest BCUT2D eigenvalue weighted by Gasteiger charge is -2.09. The fraction of sp³-hybridized carbons (Fsp3) is 0.300. The number of ether oxygens (including phenoxy) is 2. The van der Waals surface area contributed by atoms with Gasteiger partial charge in [-0.15, -0.1) is 12.4 Å². The monoisotopic (exact) mass is 407 g/mol. The molecular formula is C20H26ClN3O4. The van der Waals surface area contributed by atoms with E-state index in [2.05, 4.69) is 16.0 Å². The highest BCUT2D eigenvalue weighted by atomic mass is 35.5. The van der Waals surface area contributed by atoms with Crippen LogP contribution < -0.4 is 25.4 Å². The normalized spacial score (nSPS) is 9.79. The average Bonchev–Trinajstić information content (AvgIpc) is 2.70. The van der Waals surface area contributed by atoms with Gasteiger partial charge in [0.05, 0.1) is 7.11 Å². The number of hydrogen-bond acceptors (Lipinski definition) is 5. The summed E-state index contributed by atoms with van der Waals surface area (Å²) < 4.78 is 10.6. The van der Waals surface area contributed by atoms with Crippen LogP contribution in [0.3, 0.4) is 0 Å². The predicted octanol–water partition coefficient (Wildman–Crippen LogP) is 2.47. The number of methoxy groups -OCH3 is 1. The minimum Gasteiger partial charge on any atom is -0.497 e. The van der Waals surface area contributed by atoms with Crippen molar-refractivity contribution in [3.05, 3.63) is 54.1 Å². The van der Waals surface area contributed by atoms with Gasteiger partial charge in [0.2, 0.25) is 0 Å². The maximum Gasteiger partial charge on any atom is 0.262 e. The van der Waals surface area contributed by atoms with Crippen molar-refractivity contribution in [2.45, 2.75) is 6.92 Å². The standard InChI is InChI=1S/C20H25N3O4.ClH/c1-3-21-11-12-22-20(25)15-7-9-17(10-8-15)27-14-19(24)23-16-5-4-6-18(13-16)26-2;/h4-10,13,21H,3,11-12,14H2,1-2H3,(H,22,25)(H,23,24);1H. The van der Waals surface area contributed by atoms with E-state index in [0.29, 0.717) is 29.3 Å². The second-order valence-electron chi connectivity index (χ2n) is 5.70. The van der Waals surface area contributed by atoms with Gasteiger partial charge in [0.1, 0.15) is 11.5 Å². The maximum absolute atomic E-state index is 12.0. The average molecular weight is 408 g/mol. The summed E-state index contributed by atoms with van der Waals surface area (Å²) in [4.78, 5) is 24.0. The quantitative estimate of drug-likeness (QED) is 0.526. The van der Waals surface area contributed by atoms with E-state index < -0.39 is 0 Å². The van der Waals surface area contributed by atoms with Crippen molar-refractivity contribution in [2.24, 2.45) is 0 Å². The molecule has 0 saturated carbocycles. The predicted molar refractivity (Wildman–Crippen MR) is 112 cm³/mol. The molecule has 0 fully saturated rings. The van der Waals surface area contributed by atoms with Gasteiger partial charge in [-0.25, -0.2) is 0 Å². The first kappa shape index (κ1) is 23.3. The smallest absolute Gasteiger partial charge is 0.262 e. The number of hydrogen-bond donors (Lipinski definition) is 3. The van der Waals surface area contributed by atoms with Crippen molar-refractivity contribution in [3.63, 3.8) is 0 Å². The van der Waals surface area contributed by atoms with Crippen molar-refractivity contribution >= 4 is 29.9 Å². The summed E-state index contributed by atoms with van der Waals surface area (Å²) in [5.41, 5.74) is 1.17. The Hall–Kier alpha value is -2.77. The Morgan fingerprint density at radius 1 is 1.00 bits per heavy atom. The summed E-state index contributed by atoms with van der Waals surface area (Å²) in [5, 5.41) is 8.70. The van der Waals surface area contributed by atoms with Crippen LogP contribution in [0.1, 0.15) is 17.3 Å². The van der Waals surface area contributed by atoms with Crippen molar-refractivity contribution < 1.29 is 19.1 Å². The molecule has 0 spiro atoms. The molecule has 0 aliphatic rings. The molecule has 2 aromatic carbocycles. The number of carbonyl (C=O) groups excluding carboxylic acids is 2. The van der Waals surface area contributed by atoms with Gasteiger partial charge in [0.15, 0.2) is 6.61 Å². The van der Waals surface area contributed by atoms with E-state index >= 15 is 0 Å². The van der Waals surface area contributed by atoms with Gasteiger partial charge >= 0.3 is 0 Å². The van der Waals surface area contributed by atoms with Crippen LogP contribution >= 0.6 is 12.4 Å². The Balaban J connectivity index is 0.00000392. The molecule has 152 valence electrons. The highest BCUT2D eigenvalue weighted by Gasteiger charge is 2.07. The summed E-state index contributed by atoms with van der Waals surface area (Å²) in [6.45, 7) is 4.04. The van der Waals surface area contributed by atoms with Crippen LogP contribution in [-0.4, -0.2) is 45.2 Å². The van der Waals surface area contributed by atoms with Crippen LogP contribution in [-0.2, 0) is 4.79 Å². The highest BCUT2D eigenvalue weighted by Crippen LogP contribution is 2.17. The first-order valence-corrected chi connectivity index (χ1v) is 8.78. The third kappa shape index (κ3) is 7.85. The molecule has 7 nitrogen and oxygen atoms in total. The molecule has 0 heterocycles. The van der Waals surface area contributed by atoms with E-state index in [9.17, 15) is 9.59 Å². The Bertz CT molecular complexity index is 753. The zero-order valence-electron chi connectivity index (χ0n) is 16.0. The zero-order valence-corrected chi connectivity index (χ0v) is 16.8.